The summed E-state index contributed by atoms with van der Waals surface area (Å²) in [4.78, 5) is 81.7. The average molecular weight is 728 g/mol. The number of ether oxygens (including phenoxy) is 1. The Labute approximate surface area is 304 Å². The number of hydrogen-bond acceptors (Lipinski definition) is 11. The fourth-order valence-electron chi connectivity index (χ4n) is 6.87. The van der Waals surface area contributed by atoms with E-state index in [1.165, 1.54) is 18.3 Å². The topological polar surface area (TPSA) is 184 Å². The number of carboxylic acids is 1. The van der Waals surface area contributed by atoms with Crippen molar-refractivity contribution in [3.8, 4) is 0 Å². The van der Waals surface area contributed by atoms with Crippen molar-refractivity contribution in [1.82, 2.24) is 35.4 Å². The van der Waals surface area contributed by atoms with Crippen LogP contribution in [0.1, 0.15) is 106 Å². The molecule has 1 aliphatic heterocycles. The lowest BCUT2D eigenvalue weighted by Crippen LogP contribution is -2.59. The Hall–Kier alpha value is -3.98. The molecule has 3 N–H and O–H groups in total. The number of likely N-dealkylation sites (N-methyl/N-ethyl adjacent to an activating group) is 2. The van der Waals surface area contributed by atoms with Crippen LogP contribution in [0.25, 0.3) is 0 Å². The van der Waals surface area contributed by atoms with Crippen molar-refractivity contribution in [2.45, 2.75) is 116 Å². The number of likely N-dealkylation sites (tertiary alicyclic amines) is 1. The van der Waals surface area contributed by atoms with Gasteiger partial charge in [0.2, 0.25) is 11.8 Å². The molecule has 0 aromatic carbocycles. The first-order valence-electron chi connectivity index (χ1n) is 17.9. The Morgan fingerprint density at radius 2 is 1.75 bits per heavy atom. The summed E-state index contributed by atoms with van der Waals surface area (Å²) in [6.45, 7) is 7.70. The molecule has 2 aliphatic rings. The van der Waals surface area contributed by atoms with Gasteiger partial charge in [0.15, 0.2) is 6.10 Å². The molecule has 0 spiro atoms. The van der Waals surface area contributed by atoms with Crippen LogP contribution in [0.2, 0.25) is 0 Å². The fourth-order valence-corrected chi connectivity index (χ4v) is 7.70. The number of carbonyl (C=O) groups is 5. The largest absolute Gasteiger partial charge is 0.481 e. The van der Waals surface area contributed by atoms with Crippen LogP contribution in [-0.2, 0) is 30.3 Å². The molecular formula is C36H53N7O7S. The number of thiazole rings is 1. The number of aliphatic carboxylic acids is 1. The van der Waals surface area contributed by atoms with Crippen LogP contribution in [0, 0.1) is 17.8 Å². The lowest BCUT2D eigenvalue weighted by atomic mass is 9.78. The SMILES string of the molecule is CC(=O)O[C@H](C[C@H](C(C)C)N(C)C(=O)[C@@H](NC(=O)[C@H]1CCCCN1C)C1CCC1)c1nc(C(=O)N[C@@H](Cc2ncccn2)C[C@H](C)C(=O)O)cs1. The molecule has 51 heavy (non-hydrogen) atoms. The zero-order chi connectivity index (χ0) is 37.2. The second-order valence-corrected chi connectivity index (χ2v) is 15.2. The van der Waals surface area contributed by atoms with Crippen molar-refractivity contribution in [3.05, 3.63) is 40.4 Å². The van der Waals surface area contributed by atoms with Crippen molar-refractivity contribution < 1.29 is 33.8 Å². The molecule has 3 heterocycles. The minimum Gasteiger partial charge on any atom is -0.481 e. The molecule has 14 nitrogen and oxygen atoms in total. The molecule has 280 valence electrons. The number of piperidine rings is 1. The van der Waals surface area contributed by atoms with Crippen LogP contribution in [0.15, 0.2) is 23.8 Å². The number of amides is 3. The highest BCUT2D eigenvalue weighted by molar-refractivity contribution is 7.09. The lowest BCUT2D eigenvalue weighted by molar-refractivity contribution is -0.149. The van der Waals surface area contributed by atoms with E-state index >= 15 is 0 Å². The Bertz CT molecular complexity index is 1500. The fraction of sp³-hybridized carbons (Fsp3) is 0.667. The van der Waals surface area contributed by atoms with Crippen LogP contribution in [0.3, 0.4) is 0 Å². The molecule has 0 bridgehead atoms. The zero-order valence-electron chi connectivity index (χ0n) is 30.5. The van der Waals surface area contributed by atoms with Crippen LogP contribution in [0.4, 0.5) is 0 Å². The quantitative estimate of drug-likeness (QED) is 0.202. The maximum absolute atomic E-state index is 14.2. The minimum atomic E-state index is -0.982. The van der Waals surface area contributed by atoms with Gasteiger partial charge < -0.3 is 25.4 Å². The highest BCUT2D eigenvalue weighted by atomic mass is 32.1. The third-order valence-electron chi connectivity index (χ3n) is 10.1. The predicted molar refractivity (Wildman–Crippen MR) is 191 cm³/mol. The van der Waals surface area contributed by atoms with Gasteiger partial charge in [0.25, 0.3) is 5.91 Å². The number of aromatic nitrogens is 3. The van der Waals surface area contributed by atoms with Gasteiger partial charge in [-0.15, -0.1) is 11.3 Å². The zero-order valence-corrected chi connectivity index (χ0v) is 31.4. The molecule has 2 fully saturated rings. The van der Waals surface area contributed by atoms with Gasteiger partial charge in [0.05, 0.1) is 12.0 Å². The van der Waals surface area contributed by atoms with Crippen LogP contribution < -0.4 is 10.6 Å². The highest BCUT2D eigenvalue weighted by Gasteiger charge is 2.40. The van der Waals surface area contributed by atoms with Crippen molar-refractivity contribution in [3.63, 3.8) is 0 Å². The second-order valence-electron chi connectivity index (χ2n) is 14.3. The van der Waals surface area contributed by atoms with Gasteiger partial charge in [-0.25, -0.2) is 15.0 Å². The van der Waals surface area contributed by atoms with Crippen molar-refractivity contribution in [1.29, 1.82) is 0 Å². The van der Waals surface area contributed by atoms with Gasteiger partial charge in [-0.3, -0.25) is 28.9 Å². The monoisotopic (exact) mass is 727 g/mol. The van der Waals surface area contributed by atoms with Crippen molar-refractivity contribution in [2.75, 3.05) is 20.6 Å². The van der Waals surface area contributed by atoms with E-state index < -0.39 is 42.0 Å². The smallest absolute Gasteiger partial charge is 0.306 e. The van der Waals surface area contributed by atoms with Gasteiger partial charge in [-0.2, -0.15) is 0 Å². The summed E-state index contributed by atoms with van der Waals surface area (Å²) in [6, 6.07) is -0.187. The lowest BCUT2D eigenvalue weighted by Gasteiger charge is -2.41. The number of rotatable bonds is 17. The van der Waals surface area contributed by atoms with Gasteiger partial charge in [-0.05, 0) is 63.6 Å². The van der Waals surface area contributed by atoms with Crippen LogP contribution in [-0.4, -0.2) is 104 Å². The number of nitrogens with zero attached hydrogens (tertiary/aromatic N) is 5. The number of carboxylic acid groups (broad SMARTS) is 1. The van der Waals surface area contributed by atoms with E-state index in [0.717, 1.165) is 45.1 Å². The standard InChI is InChI=1S/C36H53N7O7S/c1-21(2)28(43(6)35(47)31(24-11-9-12-24)41-33(46)27-13-7-8-16-42(27)5)19-29(50-23(4)44)34-40-26(20-51-34)32(45)39-25(17-22(3)36(48)49)18-30-37-14-10-15-38-30/h10,14-15,20-22,24-25,27-29,31H,7-9,11-13,16-19H2,1-6H3,(H,39,45)(H,41,46)(H,48,49)/t22-,25+,27+,28+,29+,31-/m0/s1. The summed E-state index contributed by atoms with van der Waals surface area (Å²) >= 11 is 1.17. The molecule has 1 aliphatic carbocycles. The first-order chi connectivity index (χ1) is 24.2. The Morgan fingerprint density at radius 3 is 2.33 bits per heavy atom. The summed E-state index contributed by atoms with van der Waals surface area (Å²) in [7, 11) is 3.68. The third-order valence-corrected chi connectivity index (χ3v) is 11.0. The molecule has 4 rings (SSSR count). The second kappa shape index (κ2) is 18.5. The number of hydrogen-bond donors (Lipinski definition) is 3. The average Bonchev–Trinajstić information content (AvgIpc) is 3.56. The molecule has 6 atom stereocenters. The molecule has 1 saturated carbocycles. The molecule has 2 aromatic rings. The Balaban J connectivity index is 1.50. The molecule has 3 amide bonds. The highest BCUT2D eigenvalue weighted by Crippen LogP contribution is 2.34. The van der Waals surface area contributed by atoms with E-state index in [9.17, 15) is 29.1 Å². The van der Waals surface area contributed by atoms with Gasteiger partial charge in [0, 0.05) is 56.7 Å². The summed E-state index contributed by atoms with van der Waals surface area (Å²) in [5.74, 6) is -2.54. The molecular weight excluding hydrogens is 675 g/mol. The summed E-state index contributed by atoms with van der Waals surface area (Å²) in [5, 5.41) is 17.5. The van der Waals surface area contributed by atoms with E-state index in [1.54, 1.807) is 42.7 Å². The van der Waals surface area contributed by atoms with E-state index in [2.05, 4.69) is 30.5 Å². The van der Waals surface area contributed by atoms with E-state index in [0.29, 0.717) is 10.8 Å². The van der Waals surface area contributed by atoms with E-state index in [1.807, 2.05) is 20.9 Å². The van der Waals surface area contributed by atoms with Gasteiger partial charge in [0.1, 0.15) is 22.6 Å². The van der Waals surface area contributed by atoms with Gasteiger partial charge in [-0.1, -0.05) is 33.6 Å². The minimum absolute atomic E-state index is 0.0425. The Kier molecular flexibility index (Phi) is 14.4. The molecule has 0 radical (unpaired) electrons. The van der Waals surface area contributed by atoms with E-state index in [-0.39, 0.29) is 60.7 Å². The van der Waals surface area contributed by atoms with E-state index in [4.69, 9.17) is 4.74 Å². The Morgan fingerprint density at radius 1 is 1.04 bits per heavy atom. The van der Waals surface area contributed by atoms with Crippen molar-refractivity contribution >= 4 is 41.0 Å². The maximum Gasteiger partial charge on any atom is 0.306 e. The molecule has 0 unspecified atom stereocenters. The first-order valence-corrected chi connectivity index (χ1v) is 18.8. The summed E-state index contributed by atoms with van der Waals surface area (Å²) in [5.41, 5.74) is 0.0973. The van der Waals surface area contributed by atoms with Crippen molar-refractivity contribution in [2.24, 2.45) is 17.8 Å². The molecule has 15 heteroatoms. The predicted octanol–water partition coefficient (Wildman–Crippen LogP) is 3.63. The van der Waals surface area contributed by atoms with Gasteiger partial charge >= 0.3 is 11.9 Å². The normalized spacial score (nSPS) is 19.5. The van der Waals surface area contributed by atoms with Crippen LogP contribution in [0.5, 0.6) is 0 Å². The summed E-state index contributed by atoms with van der Waals surface area (Å²) in [6.07, 6.45) is 8.48. The number of carbonyl (C=O) groups excluding carboxylic acids is 4. The number of esters is 1. The van der Waals surface area contributed by atoms with Crippen LogP contribution >= 0.6 is 11.3 Å². The molecule has 1 saturated heterocycles. The summed E-state index contributed by atoms with van der Waals surface area (Å²) < 4.78 is 5.76. The first kappa shape index (κ1) is 39.8. The maximum atomic E-state index is 14.2. The number of nitrogens with one attached hydrogen (secondary N) is 2. The third kappa shape index (κ3) is 11.0. The molecule has 2 aromatic heterocycles.